The van der Waals surface area contributed by atoms with E-state index in [1.54, 1.807) is 36.4 Å². The zero-order chi connectivity index (χ0) is 16.2. The zero-order valence-corrected chi connectivity index (χ0v) is 12.7. The van der Waals surface area contributed by atoms with E-state index in [9.17, 15) is 10.3 Å². The second kappa shape index (κ2) is 6.52. The van der Waals surface area contributed by atoms with E-state index in [1.807, 2.05) is 31.2 Å². The average Bonchev–Trinajstić information content (AvgIpc) is 2.58. The molecule has 0 spiro atoms. The van der Waals surface area contributed by atoms with E-state index < -0.39 is 0 Å². The number of phenolic OH excluding ortho intramolecular Hbond substituents is 1. The van der Waals surface area contributed by atoms with Gasteiger partial charge >= 0.3 is 0 Å². The molecule has 3 aromatic carbocycles. The number of benzene rings is 3. The van der Waals surface area contributed by atoms with Crippen molar-refractivity contribution >= 4 is 11.4 Å². The Labute approximate surface area is 134 Å². The first kappa shape index (κ1) is 15.1. The van der Waals surface area contributed by atoms with Gasteiger partial charge in [0.15, 0.2) is 0 Å². The third-order valence-corrected chi connectivity index (χ3v) is 3.50. The van der Waals surface area contributed by atoms with Crippen LogP contribution in [0, 0.1) is 12.1 Å². The fraction of sp³-hybridized carbons (Fsp3) is 0.0526. The molecule has 0 aliphatic carbocycles. The third kappa shape index (κ3) is 3.69. The van der Waals surface area contributed by atoms with Gasteiger partial charge in [-0.1, -0.05) is 17.7 Å². The standard InChI is InChI=1S/C19H17NO3/c1-14-2-10-18(11-3-14)23-19-12-6-16(7-13-19)20(22)15-4-8-17(21)9-5-15/h2-13,20-21H,1H3. The van der Waals surface area contributed by atoms with Crippen molar-refractivity contribution in [2.45, 2.75) is 6.92 Å². The molecule has 2 N–H and O–H groups in total. The van der Waals surface area contributed by atoms with Crippen LogP contribution in [0.5, 0.6) is 17.2 Å². The Bertz CT molecular complexity index is 765. The van der Waals surface area contributed by atoms with Gasteiger partial charge in [0.25, 0.3) is 0 Å². The molecule has 23 heavy (non-hydrogen) atoms. The molecular weight excluding hydrogens is 290 g/mol. The molecule has 0 fully saturated rings. The lowest BCUT2D eigenvalue weighted by molar-refractivity contribution is -0.698. The fourth-order valence-electron chi connectivity index (χ4n) is 2.20. The van der Waals surface area contributed by atoms with Crippen LogP contribution >= 0.6 is 0 Å². The van der Waals surface area contributed by atoms with E-state index in [-0.39, 0.29) is 10.8 Å². The average molecular weight is 307 g/mol. The number of ether oxygens (including phenoxy) is 1. The highest BCUT2D eigenvalue weighted by Gasteiger charge is 2.07. The molecule has 1 unspecified atom stereocenters. The number of aryl methyl sites for hydroxylation is 1. The minimum absolute atomic E-state index is 0.0908. The van der Waals surface area contributed by atoms with Gasteiger partial charge in [0, 0.05) is 24.3 Å². The number of phenols is 1. The lowest BCUT2D eigenvalue weighted by atomic mass is 10.2. The van der Waals surface area contributed by atoms with Crippen molar-refractivity contribution < 1.29 is 14.9 Å². The maximum atomic E-state index is 12.3. The van der Waals surface area contributed by atoms with E-state index in [0.29, 0.717) is 17.1 Å². The number of hydrogen-bond donors (Lipinski definition) is 2. The SMILES string of the molecule is Cc1ccc(Oc2ccc([NH+]([O-])c3ccc(O)cc3)cc2)cc1. The molecule has 4 nitrogen and oxygen atoms in total. The largest absolute Gasteiger partial charge is 0.623 e. The smallest absolute Gasteiger partial charge is 0.136 e. The number of quaternary nitrogens is 1. The molecule has 116 valence electrons. The van der Waals surface area contributed by atoms with Gasteiger partial charge in [0.2, 0.25) is 0 Å². The van der Waals surface area contributed by atoms with E-state index in [2.05, 4.69) is 0 Å². The molecule has 0 saturated carbocycles. The van der Waals surface area contributed by atoms with Crippen molar-refractivity contribution in [2.24, 2.45) is 0 Å². The molecule has 0 heterocycles. The van der Waals surface area contributed by atoms with Crippen molar-refractivity contribution in [2.75, 3.05) is 0 Å². The molecule has 3 aromatic rings. The van der Waals surface area contributed by atoms with Gasteiger partial charge in [-0.05, 0) is 43.3 Å². The highest BCUT2D eigenvalue weighted by atomic mass is 16.5. The molecule has 0 aromatic heterocycles. The second-order valence-corrected chi connectivity index (χ2v) is 5.32. The summed E-state index contributed by atoms with van der Waals surface area (Å²) >= 11 is 0. The van der Waals surface area contributed by atoms with Crippen LogP contribution in [0.4, 0.5) is 11.4 Å². The molecule has 4 heteroatoms. The summed E-state index contributed by atoms with van der Waals surface area (Å²) in [4.78, 5) is 0. The quantitative estimate of drug-likeness (QED) is 0.569. The van der Waals surface area contributed by atoms with Crippen LogP contribution < -0.4 is 9.80 Å². The summed E-state index contributed by atoms with van der Waals surface area (Å²) in [5.74, 6) is 1.58. The van der Waals surface area contributed by atoms with E-state index in [4.69, 9.17) is 4.74 Å². The molecule has 0 radical (unpaired) electrons. The fourth-order valence-corrected chi connectivity index (χ4v) is 2.20. The van der Waals surface area contributed by atoms with Crippen LogP contribution in [0.1, 0.15) is 5.56 Å². The first-order valence-electron chi connectivity index (χ1n) is 7.30. The minimum atomic E-state index is -0.0908. The van der Waals surface area contributed by atoms with Gasteiger partial charge in [-0.15, -0.1) is 0 Å². The highest BCUT2D eigenvalue weighted by molar-refractivity contribution is 5.43. The molecule has 3 rings (SSSR count). The van der Waals surface area contributed by atoms with Crippen molar-refractivity contribution in [3.63, 3.8) is 0 Å². The monoisotopic (exact) mass is 307 g/mol. The normalized spacial score (nSPS) is 11.9. The lowest BCUT2D eigenvalue weighted by Gasteiger charge is -2.21. The van der Waals surface area contributed by atoms with Gasteiger partial charge in [-0.3, -0.25) is 0 Å². The summed E-state index contributed by atoms with van der Waals surface area (Å²) in [5.41, 5.74) is 2.29. The van der Waals surface area contributed by atoms with Crippen LogP contribution in [0.15, 0.2) is 72.8 Å². The number of hydrogen-bond acceptors (Lipinski definition) is 3. The van der Waals surface area contributed by atoms with Crippen molar-refractivity contribution in [1.29, 1.82) is 0 Å². The predicted molar refractivity (Wildman–Crippen MR) is 89.5 cm³/mol. The third-order valence-electron chi connectivity index (χ3n) is 3.50. The zero-order valence-electron chi connectivity index (χ0n) is 12.7. The summed E-state index contributed by atoms with van der Waals surface area (Å²) in [6.07, 6.45) is 0. The molecule has 0 amide bonds. The van der Waals surface area contributed by atoms with Gasteiger partial charge in [0.1, 0.15) is 28.6 Å². The summed E-state index contributed by atoms with van der Waals surface area (Å²) in [6.45, 7) is 2.02. The van der Waals surface area contributed by atoms with Crippen molar-refractivity contribution in [1.82, 2.24) is 0 Å². The lowest BCUT2D eigenvalue weighted by Crippen LogP contribution is -2.96. The Kier molecular flexibility index (Phi) is 4.28. The second-order valence-electron chi connectivity index (χ2n) is 5.32. The van der Waals surface area contributed by atoms with Crippen LogP contribution in [-0.4, -0.2) is 5.11 Å². The summed E-state index contributed by atoms with van der Waals surface area (Å²) < 4.78 is 5.75. The number of rotatable bonds is 4. The molecule has 0 saturated heterocycles. The Balaban J connectivity index is 1.73. The Morgan fingerprint density at radius 3 is 1.70 bits per heavy atom. The molecular formula is C19H17NO3. The summed E-state index contributed by atoms with van der Waals surface area (Å²) in [5, 5.41) is 21.5. The van der Waals surface area contributed by atoms with Crippen LogP contribution in [0.25, 0.3) is 0 Å². The van der Waals surface area contributed by atoms with Crippen molar-refractivity contribution in [3.05, 3.63) is 83.6 Å². The van der Waals surface area contributed by atoms with Gasteiger partial charge in [0.05, 0.1) is 0 Å². The van der Waals surface area contributed by atoms with Crippen LogP contribution in [0.2, 0.25) is 0 Å². The van der Waals surface area contributed by atoms with E-state index in [1.165, 1.54) is 17.7 Å². The van der Waals surface area contributed by atoms with Gasteiger partial charge < -0.3 is 20.1 Å². The molecule has 1 atom stereocenters. The Hall–Kier alpha value is -2.82. The van der Waals surface area contributed by atoms with Gasteiger partial charge in [-0.25, -0.2) is 0 Å². The summed E-state index contributed by atoms with van der Waals surface area (Å²) in [7, 11) is 0. The van der Waals surface area contributed by atoms with Crippen molar-refractivity contribution in [3.8, 4) is 17.2 Å². The predicted octanol–water partition coefficient (Wildman–Crippen LogP) is 3.84. The Morgan fingerprint density at radius 2 is 1.17 bits per heavy atom. The minimum Gasteiger partial charge on any atom is -0.623 e. The van der Waals surface area contributed by atoms with Gasteiger partial charge in [-0.2, -0.15) is 0 Å². The molecule has 0 bridgehead atoms. The first-order chi connectivity index (χ1) is 11.1. The Morgan fingerprint density at radius 1 is 0.739 bits per heavy atom. The molecule has 0 aliphatic rings. The number of aromatic hydroxyl groups is 1. The van der Waals surface area contributed by atoms with Crippen LogP contribution in [-0.2, 0) is 0 Å². The molecule has 0 aliphatic heterocycles. The maximum Gasteiger partial charge on any atom is 0.136 e. The van der Waals surface area contributed by atoms with E-state index in [0.717, 1.165) is 5.75 Å². The highest BCUT2D eigenvalue weighted by Crippen LogP contribution is 2.23. The number of nitrogens with one attached hydrogen (secondary N) is 1. The maximum absolute atomic E-state index is 12.3. The van der Waals surface area contributed by atoms with Crippen LogP contribution in [0.3, 0.4) is 0 Å². The topological polar surface area (TPSA) is 57.0 Å². The van der Waals surface area contributed by atoms with E-state index >= 15 is 0 Å². The first-order valence-corrected chi connectivity index (χ1v) is 7.30. The summed E-state index contributed by atoms with van der Waals surface area (Å²) in [6, 6.07) is 21.0.